The average Bonchev–Trinajstić information content (AvgIpc) is 3.78. The molecule has 3 N–H and O–H groups in total. The maximum absolute atomic E-state index is 13.5. The van der Waals surface area contributed by atoms with Crippen LogP contribution in [-0.2, 0) is 16.6 Å². The first kappa shape index (κ1) is 23.9. The number of nitrogens with zero attached hydrogens (tertiary/aromatic N) is 5. The summed E-state index contributed by atoms with van der Waals surface area (Å²) in [4.78, 5) is 32.7. The highest BCUT2D eigenvalue weighted by Gasteiger charge is 2.41. The molecule has 3 aliphatic rings. The molecule has 0 radical (unpaired) electrons. The van der Waals surface area contributed by atoms with Gasteiger partial charge in [0.15, 0.2) is 11.5 Å². The van der Waals surface area contributed by atoms with E-state index in [1.807, 2.05) is 13.0 Å². The molecule has 1 atom stereocenters. The van der Waals surface area contributed by atoms with E-state index in [-0.39, 0.29) is 51.4 Å². The van der Waals surface area contributed by atoms with Crippen molar-refractivity contribution in [3.63, 3.8) is 0 Å². The average molecular weight is 524 g/mol. The van der Waals surface area contributed by atoms with E-state index in [9.17, 15) is 18.0 Å². The second kappa shape index (κ2) is 8.25. The summed E-state index contributed by atoms with van der Waals surface area (Å²) in [6.07, 6.45) is 5.64. The summed E-state index contributed by atoms with van der Waals surface area (Å²) in [6, 6.07) is 5.19. The zero-order valence-corrected chi connectivity index (χ0v) is 21.7. The Kier molecular flexibility index (Phi) is 5.32. The van der Waals surface area contributed by atoms with E-state index in [4.69, 9.17) is 5.73 Å². The van der Waals surface area contributed by atoms with Crippen molar-refractivity contribution >= 4 is 33.3 Å². The third kappa shape index (κ3) is 3.95. The Morgan fingerprint density at radius 3 is 2.59 bits per heavy atom. The van der Waals surface area contributed by atoms with Gasteiger partial charge in [0.25, 0.3) is 11.8 Å². The first-order valence-corrected chi connectivity index (χ1v) is 13.9. The SMILES string of the molecule is C[C@@H](C1CC1)N1Cc2cc(-c3ccn4nc(N)c(C(=O)NC5CC5)c4n3)cc(S(=O)(=O)N(C)C)c2C1=O. The summed E-state index contributed by atoms with van der Waals surface area (Å²) < 4.78 is 29.3. The topological polar surface area (TPSA) is 143 Å². The number of nitrogens with one attached hydrogen (secondary N) is 1. The van der Waals surface area contributed by atoms with Gasteiger partial charge in [-0.05, 0) is 62.3 Å². The second-order valence-electron chi connectivity index (χ2n) is 10.4. The number of nitrogen functional groups attached to an aromatic ring is 1. The molecular formula is C25H29N7O4S. The molecule has 3 heterocycles. The molecule has 2 aromatic heterocycles. The highest BCUT2D eigenvalue weighted by molar-refractivity contribution is 7.89. The van der Waals surface area contributed by atoms with Crippen LogP contribution in [0.5, 0.6) is 0 Å². The fourth-order valence-corrected chi connectivity index (χ4v) is 6.11. The molecule has 11 nitrogen and oxygen atoms in total. The van der Waals surface area contributed by atoms with Crippen LogP contribution in [0.4, 0.5) is 5.82 Å². The number of sulfonamides is 1. The molecule has 3 aromatic rings. The molecule has 12 heteroatoms. The first-order chi connectivity index (χ1) is 17.6. The third-order valence-electron chi connectivity index (χ3n) is 7.50. The van der Waals surface area contributed by atoms with Crippen molar-refractivity contribution < 1.29 is 18.0 Å². The molecule has 0 spiro atoms. The molecule has 0 unspecified atom stereocenters. The normalized spacial score (nSPS) is 18.5. The molecule has 6 rings (SSSR count). The maximum atomic E-state index is 13.5. The minimum Gasteiger partial charge on any atom is -0.381 e. The Morgan fingerprint density at radius 1 is 1.22 bits per heavy atom. The van der Waals surface area contributed by atoms with Gasteiger partial charge in [-0.1, -0.05) is 0 Å². The molecule has 1 aliphatic heterocycles. The van der Waals surface area contributed by atoms with Gasteiger partial charge in [-0.15, -0.1) is 5.10 Å². The van der Waals surface area contributed by atoms with Crippen molar-refractivity contribution in [3.8, 4) is 11.3 Å². The highest BCUT2D eigenvalue weighted by Crippen LogP contribution is 2.41. The van der Waals surface area contributed by atoms with Crippen LogP contribution in [0.25, 0.3) is 16.9 Å². The van der Waals surface area contributed by atoms with Crippen molar-refractivity contribution in [1.29, 1.82) is 0 Å². The molecule has 2 saturated carbocycles. The first-order valence-electron chi connectivity index (χ1n) is 12.4. The van der Waals surface area contributed by atoms with Crippen molar-refractivity contribution in [1.82, 2.24) is 29.1 Å². The Labute approximate surface area is 214 Å². The number of amides is 2. The van der Waals surface area contributed by atoms with Gasteiger partial charge in [-0.25, -0.2) is 22.2 Å². The zero-order valence-electron chi connectivity index (χ0n) is 20.9. The number of carbonyl (C=O) groups is 2. The summed E-state index contributed by atoms with van der Waals surface area (Å²) in [5, 5.41) is 7.13. The van der Waals surface area contributed by atoms with Crippen LogP contribution in [0.2, 0.25) is 0 Å². The molecule has 0 bridgehead atoms. The number of fused-ring (bicyclic) bond motifs is 2. The molecular weight excluding hydrogens is 494 g/mol. The van der Waals surface area contributed by atoms with Gasteiger partial charge in [0.1, 0.15) is 5.56 Å². The summed E-state index contributed by atoms with van der Waals surface area (Å²) in [7, 11) is -1.04. The number of nitrogens with two attached hydrogens (primary N) is 1. The fourth-order valence-electron chi connectivity index (χ4n) is 4.96. The fraction of sp³-hybridized carbons (Fsp3) is 0.440. The smallest absolute Gasteiger partial charge is 0.259 e. The van der Waals surface area contributed by atoms with Crippen molar-refractivity contribution in [2.45, 2.75) is 56.1 Å². The van der Waals surface area contributed by atoms with Crippen LogP contribution in [-0.4, -0.2) is 70.2 Å². The summed E-state index contributed by atoms with van der Waals surface area (Å²) in [5.41, 5.74) is 8.39. The molecule has 37 heavy (non-hydrogen) atoms. The minimum absolute atomic E-state index is 0.0371. The Balaban J connectivity index is 1.48. The summed E-state index contributed by atoms with van der Waals surface area (Å²) in [6.45, 7) is 2.36. The number of carbonyl (C=O) groups excluding carboxylic acids is 2. The standard InChI is InChI=1S/C25H29N7O4S/c1-13(14-4-5-14)31-12-16-10-15(11-19(20(16)25(31)34)37(35,36)30(2)3)18-8-9-32-23(28-18)21(22(26)29-32)24(33)27-17-6-7-17/h8-11,13-14,17H,4-7,12H2,1-3H3,(H2,26,29)(H,27,33)/t13-/m0/s1. The van der Waals surface area contributed by atoms with Gasteiger partial charge < -0.3 is 16.0 Å². The van der Waals surface area contributed by atoms with E-state index in [0.29, 0.717) is 29.3 Å². The molecule has 2 amide bonds. The lowest BCUT2D eigenvalue weighted by Crippen LogP contribution is -2.35. The largest absolute Gasteiger partial charge is 0.381 e. The van der Waals surface area contributed by atoms with Gasteiger partial charge in [0, 0.05) is 44.5 Å². The predicted octanol–water partition coefficient (Wildman–Crippen LogP) is 1.88. The van der Waals surface area contributed by atoms with Gasteiger partial charge in [-0.2, -0.15) is 0 Å². The Bertz CT molecular complexity index is 1570. The van der Waals surface area contributed by atoms with Crippen LogP contribution in [0.3, 0.4) is 0 Å². The van der Waals surface area contributed by atoms with E-state index >= 15 is 0 Å². The molecule has 2 aliphatic carbocycles. The van der Waals surface area contributed by atoms with Gasteiger partial charge in [0.2, 0.25) is 10.0 Å². The predicted molar refractivity (Wildman–Crippen MR) is 136 cm³/mol. The van der Waals surface area contributed by atoms with Crippen LogP contribution in [0.1, 0.15) is 58.9 Å². The minimum atomic E-state index is -3.93. The zero-order chi connectivity index (χ0) is 26.2. The lowest BCUT2D eigenvalue weighted by molar-refractivity contribution is 0.0694. The van der Waals surface area contributed by atoms with E-state index in [2.05, 4.69) is 15.4 Å². The second-order valence-corrected chi connectivity index (χ2v) is 12.5. The van der Waals surface area contributed by atoms with Crippen LogP contribution < -0.4 is 11.1 Å². The van der Waals surface area contributed by atoms with Gasteiger partial charge in [0.05, 0.1) is 16.2 Å². The van der Waals surface area contributed by atoms with Crippen molar-refractivity contribution in [2.75, 3.05) is 19.8 Å². The number of anilines is 1. The van der Waals surface area contributed by atoms with Crippen LogP contribution >= 0.6 is 0 Å². The Hall–Kier alpha value is -3.51. The summed E-state index contributed by atoms with van der Waals surface area (Å²) in [5.74, 6) is -0.0710. The van der Waals surface area contributed by atoms with E-state index in [1.54, 1.807) is 17.2 Å². The van der Waals surface area contributed by atoms with E-state index in [1.165, 1.54) is 24.7 Å². The van der Waals surface area contributed by atoms with Crippen LogP contribution in [0, 0.1) is 5.92 Å². The molecule has 0 saturated heterocycles. The van der Waals surface area contributed by atoms with Gasteiger partial charge in [-0.3, -0.25) is 9.59 Å². The van der Waals surface area contributed by atoms with E-state index in [0.717, 1.165) is 30.0 Å². The number of rotatable bonds is 7. The van der Waals surface area contributed by atoms with Crippen molar-refractivity contribution in [3.05, 3.63) is 41.1 Å². The number of benzene rings is 1. The quantitative estimate of drug-likeness (QED) is 0.481. The summed E-state index contributed by atoms with van der Waals surface area (Å²) >= 11 is 0. The number of hydrogen-bond donors (Lipinski definition) is 2. The highest BCUT2D eigenvalue weighted by atomic mass is 32.2. The Morgan fingerprint density at radius 2 is 1.95 bits per heavy atom. The monoisotopic (exact) mass is 523 g/mol. The van der Waals surface area contributed by atoms with Crippen LogP contribution in [0.15, 0.2) is 29.3 Å². The number of hydrogen-bond acceptors (Lipinski definition) is 7. The third-order valence-corrected chi connectivity index (χ3v) is 9.34. The van der Waals surface area contributed by atoms with Gasteiger partial charge >= 0.3 is 0 Å². The van der Waals surface area contributed by atoms with Crippen molar-refractivity contribution in [2.24, 2.45) is 5.92 Å². The number of aromatic nitrogens is 3. The maximum Gasteiger partial charge on any atom is 0.259 e. The van der Waals surface area contributed by atoms with E-state index < -0.39 is 10.0 Å². The lowest BCUT2D eigenvalue weighted by Gasteiger charge is -2.24. The molecule has 1 aromatic carbocycles. The molecule has 194 valence electrons. The lowest BCUT2D eigenvalue weighted by atomic mass is 10.0. The molecule has 2 fully saturated rings.